The topological polar surface area (TPSA) is 63.2 Å². The van der Waals surface area contributed by atoms with E-state index in [0.717, 1.165) is 24.2 Å². The molecule has 0 aliphatic heterocycles. The number of amides is 1. The summed E-state index contributed by atoms with van der Waals surface area (Å²) in [6.45, 7) is 0. The van der Waals surface area contributed by atoms with E-state index in [0.29, 0.717) is 9.90 Å². The van der Waals surface area contributed by atoms with Gasteiger partial charge in [-0.3, -0.25) is 4.79 Å². The molecule has 3 rings (SSSR count). The highest BCUT2D eigenvalue weighted by Crippen LogP contribution is 2.29. The largest absolute Gasteiger partial charge is 0.349 e. The average Bonchev–Trinajstić information content (AvgIpc) is 3.11. The van der Waals surface area contributed by atoms with Crippen LogP contribution in [-0.2, 0) is 9.84 Å². The van der Waals surface area contributed by atoms with Gasteiger partial charge in [0.15, 0.2) is 0 Å². The standard InChI is InChI=1S/C14H12ClNO3S2/c15-9-1-5-11(6-2-9)21(18,19)13-8-7-12(20-13)14(17)16-10-3-4-10/h1-2,5-8,10H,3-4H2,(H,16,17). The molecule has 1 aliphatic carbocycles. The van der Waals surface area contributed by atoms with Crippen LogP contribution in [0.1, 0.15) is 22.5 Å². The molecule has 0 radical (unpaired) electrons. The van der Waals surface area contributed by atoms with E-state index in [1.54, 1.807) is 6.07 Å². The molecule has 4 nitrogen and oxygen atoms in total. The first-order chi connectivity index (χ1) is 9.96. The highest BCUT2D eigenvalue weighted by molar-refractivity contribution is 7.93. The molecular weight excluding hydrogens is 330 g/mol. The number of halogens is 1. The average molecular weight is 342 g/mol. The van der Waals surface area contributed by atoms with Gasteiger partial charge in [-0.15, -0.1) is 11.3 Å². The molecule has 110 valence electrons. The second-order valence-corrected chi connectivity index (χ2v) is 8.52. The SMILES string of the molecule is O=C(NC1CC1)c1ccc(S(=O)(=O)c2ccc(Cl)cc2)s1. The lowest BCUT2D eigenvalue weighted by atomic mass is 10.4. The van der Waals surface area contributed by atoms with Crippen LogP contribution in [-0.4, -0.2) is 20.4 Å². The van der Waals surface area contributed by atoms with Gasteiger partial charge >= 0.3 is 0 Å². The summed E-state index contributed by atoms with van der Waals surface area (Å²) in [5, 5.41) is 3.32. The van der Waals surface area contributed by atoms with Crippen LogP contribution in [0.5, 0.6) is 0 Å². The molecular formula is C14H12ClNO3S2. The van der Waals surface area contributed by atoms with Crippen molar-refractivity contribution in [3.05, 3.63) is 46.3 Å². The number of hydrogen-bond acceptors (Lipinski definition) is 4. The summed E-state index contributed by atoms with van der Waals surface area (Å²) < 4.78 is 25.1. The molecule has 0 saturated heterocycles. The normalized spacial score (nSPS) is 14.9. The number of sulfone groups is 1. The fourth-order valence-electron chi connectivity index (χ4n) is 1.80. The Balaban J connectivity index is 1.87. The summed E-state index contributed by atoms with van der Waals surface area (Å²) in [6.07, 6.45) is 1.99. The van der Waals surface area contributed by atoms with Gasteiger partial charge in [0, 0.05) is 11.1 Å². The van der Waals surface area contributed by atoms with Crippen LogP contribution < -0.4 is 5.32 Å². The smallest absolute Gasteiger partial charge is 0.261 e. The van der Waals surface area contributed by atoms with Gasteiger partial charge in [-0.05, 0) is 49.2 Å². The minimum absolute atomic E-state index is 0.158. The summed E-state index contributed by atoms with van der Waals surface area (Å²) in [5.74, 6) is -0.208. The van der Waals surface area contributed by atoms with E-state index in [9.17, 15) is 13.2 Å². The third-order valence-corrected chi connectivity index (χ3v) is 6.70. The van der Waals surface area contributed by atoms with Crippen LogP contribution in [0.15, 0.2) is 45.5 Å². The zero-order valence-electron chi connectivity index (χ0n) is 10.9. The molecule has 1 aromatic carbocycles. The predicted octanol–water partition coefficient (Wildman–Crippen LogP) is 3.13. The Morgan fingerprint density at radius 3 is 2.43 bits per heavy atom. The number of benzene rings is 1. The molecule has 0 spiro atoms. The summed E-state index contributed by atoms with van der Waals surface area (Å²) in [4.78, 5) is 12.5. The van der Waals surface area contributed by atoms with Crippen molar-refractivity contribution in [2.24, 2.45) is 0 Å². The van der Waals surface area contributed by atoms with Crippen molar-refractivity contribution in [1.29, 1.82) is 0 Å². The minimum Gasteiger partial charge on any atom is -0.349 e. The molecule has 0 bridgehead atoms. The first-order valence-corrected chi connectivity index (χ1v) is 9.06. The number of hydrogen-bond donors (Lipinski definition) is 1. The number of thiophene rings is 1. The minimum atomic E-state index is -3.60. The Bertz CT molecular complexity index is 777. The monoisotopic (exact) mass is 341 g/mol. The highest BCUT2D eigenvalue weighted by atomic mass is 35.5. The maximum absolute atomic E-state index is 12.5. The lowest BCUT2D eigenvalue weighted by Gasteiger charge is -2.02. The molecule has 2 aromatic rings. The third-order valence-electron chi connectivity index (χ3n) is 3.11. The molecule has 21 heavy (non-hydrogen) atoms. The van der Waals surface area contributed by atoms with Crippen molar-refractivity contribution in [1.82, 2.24) is 5.32 Å². The van der Waals surface area contributed by atoms with Crippen molar-refractivity contribution < 1.29 is 13.2 Å². The van der Waals surface area contributed by atoms with Gasteiger partial charge in [-0.1, -0.05) is 11.6 Å². The second-order valence-electron chi connectivity index (χ2n) is 4.82. The highest BCUT2D eigenvalue weighted by Gasteiger charge is 2.26. The fourth-order valence-corrected chi connectivity index (χ4v) is 4.54. The van der Waals surface area contributed by atoms with Crippen LogP contribution in [0, 0.1) is 0 Å². The molecule has 0 atom stereocenters. The van der Waals surface area contributed by atoms with Crippen LogP contribution >= 0.6 is 22.9 Å². The first-order valence-electron chi connectivity index (χ1n) is 6.38. The van der Waals surface area contributed by atoms with Gasteiger partial charge in [0.1, 0.15) is 4.21 Å². The molecule has 1 amide bonds. The number of carbonyl (C=O) groups excluding carboxylic acids is 1. The number of rotatable bonds is 4. The van der Waals surface area contributed by atoms with Gasteiger partial charge in [0.2, 0.25) is 9.84 Å². The summed E-state index contributed by atoms with van der Waals surface area (Å²) in [7, 11) is -3.60. The van der Waals surface area contributed by atoms with Gasteiger partial charge < -0.3 is 5.32 Å². The first kappa shape index (κ1) is 14.6. The van der Waals surface area contributed by atoms with Crippen LogP contribution in [0.3, 0.4) is 0 Å². The summed E-state index contributed by atoms with van der Waals surface area (Å²) >= 11 is 6.75. The van der Waals surface area contributed by atoms with Gasteiger partial charge in [-0.25, -0.2) is 8.42 Å². The molecule has 1 saturated carbocycles. The Morgan fingerprint density at radius 2 is 1.81 bits per heavy atom. The summed E-state index contributed by atoms with van der Waals surface area (Å²) in [5.41, 5.74) is 0. The van der Waals surface area contributed by atoms with Crippen LogP contribution in [0.2, 0.25) is 5.02 Å². The lowest BCUT2D eigenvalue weighted by Crippen LogP contribution is -2.24. The van der Waals surface area contributed by atoms with E-state index < -0.39 is 9.84 Å². The lowest BCUT2D eigenvalue weighted by molar-refractivity contribution is 0.0955. The Labute approximate surface area is 131 Å². The van der Waals surface area contributed by atoms with Crippen LogP contribution in [0.4, 0.5) is 0 Å². The van der Waals surface area contributed by atoms with E-state index in [1.165, 1.54) is 30.3 Å². The summed E-state index contributed by atoms with van der Waals surface area (Å²) in [6, 6.07) is 9.24. The predicted molar refractivity (Wildman–Crippen MR) is 81.7 cm³/mol. The van der Waals surface area contributed by atoms with E-state index in [2.05, 4.69) is 5.32 Å². The fraction of sp³-hybridized carbons (Fsp3) is 0.214. The second kappa shape index (κ2) is 5.44. The van der Waals surface area contributed by atoms with Crippen molar-refractivity contribution in [2.75, 3.05) is 0 Å². The maximum Gasteiger partial charge on any atom is 0.261 e. The maximum atomic E-state index is 12.5. The van der Waals surface area contributed by atoms with Crippen molar-refractivity contribution in [3.8, 4) is 0 Å². The van der Waals surface area contributed by atoms with E-state index in [1.807, 2.05) is 0 Å². The Kier molecular flexibility index (Phi) is 3.77. The van der Waals surface area contributed by atoms with Crippen molar-refractivity contribution >= 4 is 38.7 Å². The molecule has 1 aromatic heterocycles. The Morgan fingerprint density at radius 1 is 1.14 bits per heavy atom. The van der Waals surface area contributed by atoms with Gasteiger partial charge in [0.25, 0.3) is 5.91 Å². The zero-order chi connectivity index (χ0) is 15.0. The van der Waals surface area contributed by atoms with E-state index >= 15 is 0 Å². The van der Waals surface area contributed by atoms with Crippen molar-refractivity contribution in [3.63, 3.8) is 0 Å². The van der Waals surface area contributed by atoms with E-state index in [4.69, 9.17) is 11.6 Å². The van der Waals surface area contributed by atoms with Crippen molar-refractivity contribution in [2.45, 2.75) is 28.0 Å². The van der Waals surface area contributed by atoms with Gasteiger partial charge in [-0.2, -0.15) is 0 Å². The third kappa shape index (κ3) is 3.12. The number of nitrogens with one attached hydrogen (secondary N) is 1. The quantitative estimate of drug-likeness (QED) is 0.929. The zero-order valence-corrected chi connectivity index (χ0v) is 13.3. The van der Waals surface area contributed by atoms with Crippen LogP contribution in [0.25, 0.3) is 0 Å². The molecule has 1 fully saturated rings. The molecule has 0 unspecified atom stereocenters. The molecule has 1 aliphatic rings. The number of carbonyl (C=O) groups is 1. The molecule has 1 N–H and O–H groups in total. The molecule has 1 heterocycles. The van der Waals surface area contributed by atoms with E-state index in [-0.39, 0.29) is 21.1 Å². The molecule has 7 heteroatoms. The Hall–Kier alpha value is -1.37. The van der Waals surface area contributed by atoms with Gasteiger partial charge in [0.05, 0.1) is 9.77 Å².